The Labute approximate surface area is 240 Å². The van der Waals surface area contributed by atoms with Crippen molar-refractivity contribution in [2.45, 2.75) is 43.8 Å². The van der Waals surface area contributed by atoms with Gasteiger partial charge in [-0.05, 0) is 42.3 Å². The fourth-order valence-corrected chi connectivity index (χ4v) is 4.01. The van der Waals surface area contributed by atoms with Gasteiger partial charge in [-0.3, -0.25) is 9.59 Å². The van der Waals surface area contributed by atoms with Crippen LogP contribution in [0, 0.1) is 0 Å². The number of nitrogens with one attached hydrogen (secondary N) is 2. The second-order valence-corrected chi connectivity index (χ2v) is 9.55. The summed E-state index contributed by atoms with van der Waals surface area (Å²) in [6.45, 7) is -0.510. The zero-order chi connectivity index (χ0) is 31.5. The summed E-state index contributed by atoms with van der Waals surface area (Å²) in [7, 11) is 0. The second kappa shape index (κ2) is 13.1. The van der Waals surface area contributed by atoms with Gasteiger partial charge in [0.15, 0.2) is 0 Å². The van der Waals surface area contributed by atoms with E-state index in [1.54, 1.807) is 0 Å². The lowest BCUT2D eigenvalue weighted by Gasteiger charge is -2.20. The third kappa shape index (κ3) is 9.40. The average molecular weight is 662 g/mol. The molecule has 2 atom stereocenters. The highest BCUT2D eigenvalue weighted by atomic mass is 35.5. The number of allylic oxidation sites excluding steroid dienone is 1. The molecule has 0 fully saturated rings. The number of halogens is 13. The molecule has 41 heavy (non-hydrogen) atoms. The number of alkyl halides is 9. The van der Waals surface area contributed by atoms with E-state index in [-0.39, 0.29) is 23.6 Å². The zero-order valence-electron chi connectivity index (χ0n) is 20.3. The average Bonchev–Trinajstić information content (AvgIpc) is 2.84. The number of amides is 2. The van der Waals surface area contributed by atoms with Gasteiger partial charge in [-0.2, -0.15) is 39.5 Å². The van der Waals surface area contributed by atoms with Crippen molar-refractivity contribution in [2.24, 2.45) is 0 Å². The molecular formula is C24H17Cl3F10N2O2. The molecule has 2 N–H and O–H groups in total. The van der Waals surface area contributed by atoms with Crippen molar-refractivity contribution in [1.82, 2.24) is 10.6 Å². The first-order valence-electron chi connectivity index (χ1n) is 11.1. The molecule has 0 aliphatic carbocycles. The van der Waals surface area contributed by atoms with E-state index in [2.05, 4.69) is 0 Å². The van der Waals surface area contributed by atoms with Crippen molar-refractivity contribution < 1.29 is 53.5 Å². The normalized spacial score (nSPS) is 14.4. The van der Waals surface area contributed by atoms with Gasteiger partial charge in [0, 0.05) is 5.56 Å². The number of rotatable bonds is 8. The molecule has 226 valence electrons. The summed E-state index contributed by atoms with van der Waals surface area (Å²) in [5.74, 6) is -7.38. The topological polar surface area (TPSA) is 58.2 Å². The lowest BCUT2D eigenvalue weighted by atomic mass is 9.95. The van der Waals surface area contributed by atoms with Crippen molar-refractivity contribution in [3.05, 3.63) is 73.7 Å². The van der Waals surface area contributed by atoms with Gasteiger partial charge < -0.3 is 10.6 Å². The van der Waals surface area contributed by atoms with Gasteiger partial charge in [0.25, 0.3) is 5.91 Å². The molecule has 0 aliphatic rings. The molecule has 2 rings (SSSR count). The maximum atomic E-state index is 15.0. The van der Waals surface area contributed by atoms with E-state index in [1.165, 1.54) is 12.2 Å². The summed E-state index contributed by atoms with van der Waals surface area (Å²) in [4.78, 5) is 24.5. The number of carbonyl (C=O) groups excluding carboxylic acids is 2. The van der Waals surface area contributed by atoms with Gasteiger partial charge in [-0.15, -0.1) is 0 Å². The number of hydrogen-bond donors (Lipinski definition) is 2. The summed E-state index contributed by atoms with van der Waals surface area (Å²) in [6.07, 6.45) is -15.6. The Bertz CT molecular complexity index is 1300. The minimum absolute atomic E-state index is 0.0246. The van der Waals surface area contributed by atoms with Crippen LogP contribution in [-0.2, 0) is 11.0 Å². The van der Waals surface area contributed by atoms with E-state index in [0.717, 1.165) is 12.1 Å². The monoisotopic (exact) mass is 660 g/mol. The molecule has 0 saturated carbocycles. The lowest BCUT2D eigenvalue weighted by Crippen LogP contribution is -2.48. The fourth-order valence-electron chi connectivity index (χ4n) is 3.40. The quantitative estimate of drug-likeness (QED) is 0.220. The van der Waals surface area contributed by atoms with Crippen molar-refractivity contribution in [3.8, 4) is 0 Å². The highest BCUT2D eigenvalue weighted by Crippen LogP contribution is 2.42. The minimum atomic E-state index is -5.34. The Morgan fingerprint density at radius 2 is 1.49 bits per heavy atom. The lowest BCUT2D eigenvalue weighted by molar-refractivity contribution is -0.140. The van der Waals surface area contributed by atoms with Crippen molar-refractivity contribution in [3.63, 3.8) is 0 Å². The van der Waals surface area contributed by atoms with Crippen LogP contribution in [0.3, 0.4) is 0 Å². The third-order valence-corrected chi connectivity index (χ3v) is 6.57. The Kier molecular flexibility index (Phi) is 11.0. The molecule has 0 heterocycles. The first-order valence-corrected chi connectivity index (χ1v) is 12.2. The Morgan fingerprint density at radius 1 is 0.927 bits per heavy atom. The van der Waals surface area contributed by atoms with Crippen LogP contribution in [0.15, 0.2) is 36.4 Å². The van der Waals surface area contributed by atoms with Crippen molar-refractivity contribution >= 4 is 52.4 Å². The maximum absolute atomic E-state index is 15.0. The van der Waals surface area contributed by atoms with Crippen LogP contribution in [0.25, 0.3) is 5.83 Å². The van der Waals surface area contributed by atoms with Gasteiger partial charge in [-0.1, -0.05) is 47.8 Å². The molecule has 0 aromatic heterocycles. The van der Waals surface area contributed by atoms with Crippen molar-refractivity contribution in [1.29, 1.82) is 0 Å². The molecule has 0 radical (unpaired) electrons. The summed E-state index contributed by atoms with van der Waals surface area (Å²) >= 11 is 17.2. The van der Waals surface area contributed by atoms with Gasteiger partial charge in [-0.25, -0.2) is 4.39 Å². The second-order valence-electron chi connectivity index (χ2n) is 8.36. The molecular weight excluding hydrogens is 645 g/mol. The SMILES string of the molecule is CCC(NC(=O)c1ccc(/C(F)=C/C(c2cc(Cl)c(Cl)c(Cl)c2)C(F)(F)F)cc1C(F)(F)F)C(=O)NCC(F)(F)F. The zero-order valence-corrected chi connectivity index (χ0v) is 22.5. The molecule has 2 amide bonds. The molecule has 0 bridgehead atoms. The van der Waals surface area contributed by atoms with Gasteiger partial charge >= 0.3 is 18.5 Å². The molecule has 17 heteroatoms. The predicted octanol–water partition coefficient (Wildman–Crippen LogP) is 8.51. The summed E-state index contributed by atoms with van der Waals surface area (Å²) in [5, 5.41) is 2.26. The van der Waals surface area contributed by atoms with Crippen LogP contribution in [-0.4, -0.2) is 36.8 Å². The van der Waals surface area contributed by atoms with Crippen LogP contribution >= 0.6 is 34.8 Å². The highest BCUT2D eigenvalue weighted by molar-refractivity contribution is 6.48. The molecule has 2 aromatic rings. The summed E-state index contributed by atoms with van der Waals surface area (Å²) in [5.41, 5.74) is -4.62. The van der Waals surface area contributed by atoms with Crippen LogP contribution in [0.5, 0.6) is 0 Å². The Hall–Kier alpha value is -2.71. The number of hydrogen-bond acceptors (Lipinski definition) is 2. The highest BCUT2D eigenvalue weighted by Gasteiger charge is 2.41. The molecule has 2 aromatic carbocycles. The fraction of sp³-hybridized carbons (Fsp3) is 0.333. The summed E-state index contributed by atoms with van der Waals surface area (Å²) < 4.78 is 135. The van der Waals surface area contributed by atoms with Gasteiger partial charge in [0.1, 0.15) is 24.3 Å². The third-order valence-electron chi connectivity index (χ3n) is 5.37. The largest absolute Gasteiger partial charge is 0.417 e. The van der Waals surface area contributed by atoms with E-state index in [9.17, 15) is 53.5 Å². The van der Waals surface area contributed by atoms with E-state index in [1.807, 2.05) is 5.32 Å². The van der Waals surface area contributed by atoms with Crippen LogP contribution < -0.4 is 10.6 Å². The molecule has 0 aliphatic heterocycles. The van der Waals surface area contributed by atoms with Crippen molar-refractivity contribution in [2.75, 3.05) is 6.54 Å². The molecule has 0 spiro atoms. The van der Waals surface area contributed by atoms with Gasteiger partial charge in [0.2, 0.25) is 5.91 Å². The molecule has 2 unspecified atom stereocenters. The van der Waals surface area contributed by atoms with Crippen LogP contribution in [0.4, 0.5) is 43.9 Å². The summed E-state index contributed by atoms with van der Waals surface area (Å²) in [6, 6.07) is 0.923. The Balaban J connectivity index is 2.48. The standard InChI is InChI=1S/C24H17Cl3F10N2O2/c1-2-18(21(41)38-9-22(29,30)31)39-20(40)12-4-3-10(5-14(12)24(35,36)37)17(28)8-13(23(32,33)34)11-6-15(25)19(27)16(26)7-11/h3-8,13,18H,2,9H2,1H3,(H,38,41)(H,39,40)/b17-8-. The maximum Gasteiger partial charge on any atom is 0.417 e. The Morgan fingerprint density at radius 3 is 1.95 bits per heavy atom. The molecule has 0 saturated heterocycles. The smallest absolute Gasteiger partial charge is 0.345 e. The minimum Gasteiger partial charge on any atom is -0.345 e. The van der Waals surface area contributed by atoms with E-state index in [0.29, 0.717) is 12.1 Å². The van der Waals surface area contributed by atoms with Crippen LogP contribution in [0.1, 0.15) is 46.3 Å². The number of carbonyl (C=O) groups is 2. The first kappa shape index (κ1) is 34.5. The molecule has 4 nitrogen and oxygen atoms in total. The van der Waals surface area contributed by atoms with E-state index in [4.69, 9.17) is 34.8 Å². The van der Waals surface area contributed by atoms with E-state index >= 15 is 0 Å². The van der Waals surface area contributed by atoms with E-state index < -0.39 is 87.0 Å². The predicted molar refractivity (Wildman–Crippen MR) is 131 cm³/mol. The number of benzene rings is 2. The first-order chi connectivity index (χ1) is 18.7. The van der Waals surface area contributed by atoms with Gasteiger partial charge in [0.05, 0.1) is 26.2 Å². The van der Waals surface area contributed by atoms with Crippen LogP contribution in [0.2, 0.25) is 15.1 Å².